The molecule has 1 aromatic heterocycles. The summed E-state index contributed by atoms with van der Waals surface area (Å²) in [6.07, 6.45) is 6.86. The van der Waals surface area contributed by atoms with Gasteiger partial charge in [0, 0.05) is 26.2 Å². The number of nitrogens with zero attached hydrogens (tertiary/aromatic N) is 2. The van der Waals surface area contributed by atoms with Crippen molar-refractivity contribution in [2.45, 2.75) is 50.7 Å². The highest BCUT2D eigenvalue weighted by Crippen LogP contribution is 2.24. The van der Waals surface area contributed by atoms with Gasteiger partial charge in [-0.25, -0.2) is 0 Å². The second-order valence-electron chi connectivity index (χ2n) is 7.03. The molecule has 0 aliphatic carbocycles. The summed E-state index contributed by atoms with van der Waals surface area (Å²) in [5.74, 6) is 0.176. The maximum absolute atomic E-state index is 13.0. The van der Waals surface area contributed by atoms with E-state index < -0.39 is 0 Å². The van der Waals surface area contributed by atoms with E-state index in [0.717, 1.165) is 38.5 Å². The molecule has 1 unspecified atom stereocenters. The molecule has 0 bridgehead atoms. The van der Waals surface area contributed by atoms with E-state index >= 15 is 0 Å². The van der Waals surface area contributed by atoms with Crippen LogP contribution in [0.4, 0.5) is 0 Å². The van der Waals surface area contributed by atoms with Crippen LogP contribution in [0.25, 0.3) is 0 Å². The number of halogens is 1. The van der Waals surface area contributed by atoms with Gasteiger partial charge in [-0.15, -0.1) is 12.4 Å². The van der Waals surface area contributed by atoms with Crippen LogP contribution in [0.1, 0.15) is 49.1 Å². The molecule has 2 N–H and O–H groups in total. The lowest BCUT2D eigenvalue weighted by Gasteiger charge is -2.39. The first-order valence-corrected chi connectivity index (χ1v) is 9.65. The summed E-state index contributed by atoms with van der Waals surface area (Å²) in [5, 5.41) is 0. The van der Waals surface area contributed by atoms with Crippen molar-refractivity contribution in [3.8, 4) is 0 Å². The third kappa shape index (κ3) is 5.46. The molecule has 27 heavy (non-hydrogen) atoms. The molecule has 2 saturated heterocycles. The number of piperidine rings is 2. The number of rotatable bonds is 6. The monoisotopic (exact) mass is 399 g/mol. The van der Waals surface area contributed by atoms with E-state index in [1.54, 1.807) is 17.0 Å². The van der Waals surface area contributed by atoms with Crippen LogP contribution in [-0.4, -0.2) is 66.5 Å². The van der Waals surface area contributed by atoms with Crippen LogP contribution in [0.15, 0.2) is 22.8 Å². The van der Waals surface area contributed by atoms with Gasteiger partial charge in [0.2, 0.25) is 5.91 Å². The molecule has 1 aromatic rings. The molecule has 7 nitrogen and oxygen atoms in total. The summed E-state index contributed by atoms with van der Waals surface area (Å²) in [6, 6.07) is 2.97. The molecule has 2 aliphatic rings. The molecule has 0 radical (unpaired) electrons. The van der Waals surface area contributed by atoms with Crippen molar-refractivity contribution in [3.05, 3.63) is 24.2 Å². The number of carbonyl (C=O) groups is 2. The molecule has 3 rings (SSSR count). The van der Waals surface area contributed by atoms with Crippen molar-refractivity contribution < 1.29 is 18.7 Å². The van der Waals surface area contributed by atoms with Crippen molar-refractivity contribution in [1.29, 1.82) is 0 Å². The van der Waals surface area contributed by atoms with Gasteiger partial charge >= 0.3 is 0 Å². The Morgan fingerprint density at radius 3 is 2.63 bits per heavy atom. The van der Waals surface area contributed by atoms with Crippen LogP contribution < -0.4 is 5.73 Å². The highest BCUT2D eigenvalue weighted by atomic mass is 35.5. The van der Waals surface area contributed by atoms with Gasteiger partial charge in [-0.1, -0.05) is 0 Å². The molecule has 0 aromatic carbocycles. The third-order valence-corrected chi connectivity index (χ3v) is 5.24. The second-order valence-corrected chi connectivity index (χ2v) is 7.03. The van der Waals surface area contributed by atoms with E-state index in [1.807, 2.05) is 4.90 Å². The minimum atomic E-state index is -0.379. The lowest BCUT2D eigenvalue weighted by molar-refractivity contribution is -0.139. The Labute approximate surface area is 166 Å². The molecule has 3 heterocycles. The van der Waals surface area contributed by atoms with Crippen LogP contribution in [0.3, 0.4) is 0 Å². The Kier molecular flexibility index (Phi) is 8.60. The Hall–Kier alpha value is -1.57. The van der Waals surface area contributed by atoms with Gasteiger partial charge in [0.05, 0.1) is 12.4 Å². The molecule has 1 atom stereocenters. The fourth-order valence-corrected chi connectivity index (χ4v) is 3.76. The summed E-state index contributed by atoms with van der Waals surface area (Å²) in [5.41, 5.74) is 5.49. The van der Waals surface area contributed by atoms with E-state index in [-0.39, 0.29) is 36.4 Å². The van der Waals surface area contributed by atoms with Gasteiger partial charge in [-0.3, -0.25) is 9.59 Å². The molecule has 0 spiro atoms. The first-order valence-electron chi connectivity index (χ1n) is 9.65. The number of carbonyl (C=O) groups excluding carboxylic acids is 2. The maximum atomic E-state index is 13.0. The SMILES string of the molecule is Cl.NCCCOC1CCN(C(=O)C2CCCCN2C(=O)c2ccco2)CC1. The molecule has 8 heteroatoms. The Bertz CT molecular complexity index is 588. The molecular weight excluding hydrogens is 370 g/mol. The zero-order valence-corrected chi connectivity index (χ0v) is 16.5. The van der Waals surface area contributed by atoms with E-state index in [1.165, 1.54) is 6.26 Å². The Morgan fingerprint density at radius 2 is 1.96 bits per heavy atom. The van der Waals surface area contributed by atoms with Crippen LogP contribution in [0.2, 0.25) is 0 Å². The van der Waals surface area contributed by atoms with E-state index in [9.17, 15) is 9.59 Å². The summed E-state index contributed by atoms with van der Waals surface area (Å²) >= 11 is 0. The lowest BCUT2D eigenvalue weighted by atomic mass is 9.98. The average Bonchev–Trinajstić information content (AvgIpc) is 3.22. The smallest absolute Gasteiger partial charge is 0.290 e. The number of amides is 2. The minimum Gasteiger partial charge on any atom is -0.459 e. The van der Waals surface area contributed by atoms with Crippen LogP contribution in [0.5, 0.6) is 0 Å². The zero-order chi connectivity index (χ0) is 18.4. The van der Waals surface area contributed by atoms with Gasteiger partial charge < -0.3 is 24.7 Å². The van der Waals surface area contributed by atoms with Gasteiger partial charge in [0.25, 0.3) is 5.91 Å². The molecule has 152 valence electrons. The Balaban J connectivity index is 0.00000261. The Morgan fingerprint density at radius 1 is 1.19 bits per heavy atom. The first-order chi connectivity index (χ1) is 12.7. The lowest BCUT2D eigenvalue weighted by Crippen LogP contribution is -2.54. The number of likely N-dealkylation sites (tertiary alicyclic amines) is 2. The third-order valence-electron chi connectivity index (χ3n) is 5.24. The molecule has 2 amide bonds. The highest BCUT2D eigenvalue weighted by molar-refractivity contribution is 5.95. The van der Waals surface area contributed by atoms with E-state index in [0.29, 0.717) is 38.5 Å². The predicted octanol–water partition coefficient (Wildman–Crippen LogP) is 2.05. The predicted molar refractivity (Wildman–Crippen MR) is 104 cm³/mol. The van der Waals surface area contributed by atoms with Crippen molar-refractivity contribution >= 4 is 24.2 Å². The average molecular weight is 400 g/mol. The topological polar surface area (TPSA) is 89.0 Å². The molecule has 2 aliphatic heterocycles. The van der Waals surface area contributed by atoms with Gasteiger partial charge in [0.1, 0.15) is 6.04 Å². The van der Waals surface area contributed by atoms with Crippen molar-refractivity contribution in [2.24, 2.45) is 5.73 Å². The second kappa shape index (κ2) is 10.7. The number of hydrogen-bond acceptors (Lipinski definition) is 5. The summed E-state index contributed by atoms with van der Waals surface area (Å²) in [6.45, 7) is 3.30. The minimum absolute atomic E-state index is 0. The van der Waals surface area contributed by atoms with Gasteiger partial charge in [-0.2, -0.15) is 0 Å². The van der Waals surface area contributed by atoms with E-state index in [2.05, 4.69) is 0 Å². The summed E-state index contributed by atoms with van der Waals surface area (Å²) in [4.78, 5) is 29.3. The quantitative estimate of drug-likeness (QED) is 0.739. The van der Waals surface area contributed by atoms with Crippen LogP contribution in [-0.2, 0) is 9.53 Å². The zero-order valence-electron chi connectivity index (χ0n) is 15.7. The van der Waals surface area contributed by atoms with Crippen LogP contribution in [0, 0.1) is 0 Å². The van der Waals surface area contributed by atoms with Gasteiger partial charge in [-0.05, 0) is 57.2 Å². The number of furan rings is 1. The molecule has 2 fully saturated rings. The summed E-state index contributed by atoms with van der Waals surface area (Å²) in [7, 11) is 0. The van der Waals surface area contributed by atoms with Crippen molar-refractivity contribution in [3.63, 3.8) is 0 Å². The summed E-state index contributed by atoms with van der Waals surface area (Å²) < 4.78 is 11.1. The maximum Gasteiger partial charge on any atom is 0.290 e. The van der Waals surface area contributed by atoms with Gasteiger partial charge in [0.15, 0.2) is 5.76 Å². The fraction of sp³-hybridized carbons (Fsp3) is 0.684. The van der Waals surface area contributed by atoms with Crippen LogP contribution >= 0.6 is 12.4 Å². The largest absolute Gasteiger partial charge is 0.459 e. The molecule has 0 saturated carbocycles. The van der Waals surface area contributed by atoms with Crippen molar-refractivity contribution in [2.75, 3.05) is 32.8 Å². The normalized spacial score (nSPS) is 21.0. The first kappa shape index (κ1) is 21.7. The number of nitrogens with two attached hydrogens (primary N) is 1. The van der Waals surface area contributed by atoms with Crippen molar-refractivity contribution in [1.82, 2.24) is 9.80 Å². The standard InChI is InChI=1S/C19H29N3O4.ClH/c20-9-4-14-25-15-7-11-21(12-8-15)18(23)16-5-1-2-10-22(16)19(24)17-6-3-13-26-17;/h3,6,13,15-16H,1-2,4-5,7-12,14,20H2;1H. The molecular formula is C19H30ClN3O4. The number of hydrogen-bond donors (Lipinski definition) is 1. The fourth-order valence-electron chi connectivity index (χ4n) is 3.76. The highest BCUT2D eigenvalue weighted by Gasteiger charge is 2.37. The van der Waals surface area contributed by atoms with E-state index in [4.69, 9.17) is 14.9 Å². The number of ether oxygens (including phenoxy) is 1.